The van der Waals surface area contributed by atoms with E-state index in [1.54, 1.807) is 30.7 Å². The molecular weight excluding hydrogens is 404 g/mol. The number of halogens is 1. The normalized spacial score (nSPS) is 12.3. The first-order valence-electron chi connectivity index (χ1n) is 8.36. The second kappa shape index (κ2) is 10.4. The third-order valence-corrected chi connectivity index (χ3v) is 3.89. The molecule has 0 bridgehead atoms. The van der Waals surface area contributed by atoms with Crippen molar-refractivity contribution in [3.63, 3.8) is 0 Å². The second-order valence-corrected chi connectivity index (χ2v) is 6.76. The van der Waals surface area contributed by atoms with Crippen molar-refractivity contribution in [3.05, 3.63) is 82.6 Å². The lowest BCUT2D eigenvalue weighted by molar-refractivity contribution is 0.408. The van der Waals surface area contributed by atoms with Gasteiger partial charge in [-0.15, -0.1) is 0 Å². The lowest BCUT2D eigenvalue weighted by atomic mass is 10.1. The molecule has 0 amide bonds. The number of aliphatic imine (C=N–C) groups is 1. The molecule has 0 fully saturated rings. The van der Waals surface area contributed by atoms with Crippen LogP contribution in [0.4, 0.5) is 0 Å². The Morgan fingerprint density at radius 2 is 2.11 bits per heavy atom. The summed E-state index contributed by atoms with van der Waals surface area (Å²) in [7, 11) is 3.61. The zero-order valence-electron chi connectivity index (χ0n) is 15.7. The topological polar surface area (TPSA) is 65.8 Å². The first kappa shape index (κ1) is 20.5. The molecule has 1 N–H and O–H groups in total. The monoisotopic (exact) mass is 426 g/mol. The summed E-state index contributed by atoms with van der Waals surface area (Å²) in [6.45, 7) is 6.39. The number of hydrazone groups is 1. The van der Waals surface area contributed by atoms with Gasteiger partial charge in [0.15, 0.2) is 0 Å². The summed E-state index contributed by atoms with van der Waals surface area (Å²) in [4.78, 5) is 13.0. The fraction of sp³-hybridized carbons (Fsp3) is 0.200. The van der Waals surface area contributed by atoms with Gasteiger partial charge in [0.05, 0.1) is 17.6 Å². The molecule has 0 aromatic carbocycles. The number of nitrogens with one attached hydrogen (secondary N) is 1. The molecule has 0 radical (unpaired) electrons. The van der Waals surface area contributed by atoms with Gasteiger partial charge in [-0.3, -0.25) is 20.0 Å². The summed E-state index contributed by atoms with van der Waals surface area (Å²) in [6.07, 6.45) is 8.91. The molecular formula is C20H23BrN6. The number of allylic oxidation sites excluding steroid dienone is 2. The maximum atomic E-state index is 4.46. The number of pyridine rings is 2. The number of hydrogen-bond acceptors (Lipinski definition) is 6. The summed E-state index contributed by atoms with van der Waals surface area (Å²) < 4.78 is 0.686. The van der Waals surface area contributed by atoms with Gasteiger partial charge in [-0.2, -0.15) is 5.10 Å². The highest BCUT2D eigenvalue weighted by Crippen LogP contribution is 2.10. The zero-order chi connectivity index (χ0) is 19.6. The lowest BCUT2D eigenvalue weighted by Gasteiger charge is -2.19. The standard InChI is InChI=1S/C20H23BrN6/c1-15-7-5-10-24-20(15)18(22-3)11-19(27(4)26-12-16(2)21)25-14-17-8-6-9-23-13-17/h5-13,25H,2,14H2,1,3-4H3/b19-11-,22-18+,26-12-. The molecule has 0 atom stereocenters. The first-order chi connectivity index (χ1) is 13.0. The third-order valence-electron chi connectivity index (χ3n) is 3.68. The van der Waals surface area contributed by atoms with Crippen molar-refractivity contribution in [2.75, 3.05) is 14.1 Å². The molecule has 2 aromatic rings. The maximum Gasteiger partial charge on any atom is 0.124 e. The highest BCUT2D eigenvalue weighted by atomic mass is 79.9. The predicted octanol–water partition coefficient (Wildman–Crippen LogP) is 3.66. The van der Waals surface area contributed by atoms with Gasteiger partial charge in [0.2, 0.25) is 0 Å². The van der Waals surface area contributed by atoms with Crippen LogP contribution in [0.15, 0.2) is 75.9 Å². The van der Waals surface area contributed by atoms with Crippen LogP contribution in [0.25, 0.3) is 0 Å². The molecule has 27 heavy (non-hydrogen) atoms. The Morgan fingerprint density at radius 3 is 2.74 bits per heavy atom. The largest absolute Gasteiger partial charge is 0.366 e. The molecule has 2 aromatic heterocycles. The van der Waals surface area contributed by atoms with Crippen molar-refractivity contribution >= 4 is 27.9 Å². The van der Waals surface area contributed by atoms with E-state index in [0.29, 0.717) is 11.0 Å². The molecule has 2 rings (SSSR count). The van der Waals surface area contributed by atoms with Crippen LogP contribution in [0.2, 0.25) is 0 Å². The van der Waals surface area contributed by atoms with Gasteiger partial charge in [-0.05, 0) is 46.1 Å². The summed E-state index contributed by atoms with van der Waals surface area (Å²) in [5.74, 6) is 0.773. The van der Waals surface area contributed by atoms with E-state index in [4.69, 9.17) is 0 Å². The van der Waals surface area contributed by atoms with E-state index in [0.717, 1.165) is 28.4 Å². The zero-order valence-corrected chi connectivity index (χ0v) is 17.3. The Morgan fingerprint density at radius 1 is 1.33 bits per heavy atom. The minimum atomic E-state index is 0.604. The minimum Gasteiger partial charge on any atom is -0.366 e. The van der Waals surface area contributed by atoms with Crippen LogP contribution in [-0.2, 0) is 6.54 Å². The first-order valence-corrected chi connectivity index (χ1v) is 9.16. The average Bonchev–Trinajstić information content (AvgIpc) is 2.68. The quantitative estimate of drug-likeness (QED) is 0.516. The van der Waals surface area contributed by atoms with Crippen molar-refractivity contribution in [1.29, 1.82) is 0 Å². The summed E-state index contributed by atoms with van der Waals surface area (Å²) in [5, 5.41) is 9.50. The number of hydrogen-bond donors (Lipinski definition) is 1. The SMILES string of the molecule is C=C(Br)/C=N\N(C)/C(=C\C(=N/C)c1ncccc1C)NCc1cccnc1. The van der Waals surface area contributed by atoms with Crippen molar-refractivity contribution in [2.24, 2.45) is 10.1 Å². The van der Waals surface area contributed by atoms with Crippen LogP contribution in [-0.4, -0.2) is 41.0 Å². The molecule has 0 unspecified atom stereocenters. The number of nitrogens with zero attached hydrogens (tertiary/aromatic N) is 5. The molecule has 0 aliphatic heterocycles. The van der Waals surface area contributed by atoms with E-state index in [1.165, 1.54) is 0 Å². The number of aromatic nitrogens is 2. The minimum absolute atomic E-state index is 0.604. The highest BCUT2D eigenvalue weighted by Gasteiger charge is 2.10. The number of rotatable bonds is 8. The van der Waals surface area contributed by atoms with Crippen LogP contribution in [0.3, 0.4) is 0 Å². The fourth-order valence-electron chi connectivity index (χ4n) is 2.29. The van der Waals surface area contributed by atoms with Gasteiger partial charge in [-0.25, -0.2) is 0 Å². The van der Waals surface area contributed by atoms with Gasteiger partial charge in [0, 0.05) is 49.8 Å². The molecule has 0 spiro atoms. The van der Waals surface area contributed by atoms with E-state index in [-0.39, 0.29) is 0 Å². The maximum absolute atomic E-state index is 4.46. The molecule has 0 saturated heterocycles. The van der Waals surface area contributed by atoms with Gasteiger partial charge < -0.3 is 5.32 Å². The average molecular weight is 427 g/mol. The van der Waals surface area contributed by atoms with E-state index in [2.05, 4.69) is 47.9 Å². The van der Waals surface area contributed by atoms with Gasteiger partial charge >= 0.3 is 0 Å². The molecule has 0 saturated carbocycles. The summed E-state index contributed by atoms with van der Waals surface area (Å²) >= 11 is 3.29. The van der Waals surface area contributed by atoms with E-state index in [1.807, 2.05) is 50.5 Å². The van der Waals surface area contributed by atoms with Crippen molar-refractivity contribution in [2.45, 2.75) is 13.5 Å². The summed E-state index contributed by atoms with van der Waals surface area (Å²) in [6, 6.07) is 7.85. The Labute approximate surface area is 168 Å². The van der Waals surface area contributed by atoms with E-state index in [9.17, 15) is 0 Å². The van der Waals surface area contributed by atoms with E-state index >= 15 is 0 Å². The molecule has 0 aliphatic carbocycles. The Bertz CT molecular complexity index is 858. The van der Waals surface area contributed by atoms with Crippen molar-refractivity contribution in [3.8, 4) is 0 Å². The van der Waals surface area contributed by atoms with Crippen LogP contribution in [0, 0.1) is 6.92 Å². The van der Waals surface area contributed by atoms with Crippen molar-refractivity contribution in [1.82, 2.24) is 20.3 Å². The van der Waals surface area contributed by atoms with Gasteiger partial charge in [0.1, 0.15) is 5.82 Å². The lowest BCUT2D eigenvalue weighted by Crippen LogP contribution is -2.26. The Kier molecular flexibility index (Phi) is 7.88. The van der Waals surface area contributed by atoms with Crippen LogP contribution in [0.1, 0.15) is 16.8 Å². The van der Waals surface area contributed by atoms with Crippen LogP contribution >= 0.6 is 15.9 Å². The highest BCUT2D eigenvalue weighted by molar-refractivity contribution is 9.12. The Hall–Kier alpha value is -2.80. The van der Waals surface area contributed by atoms with Gasteiger partial charge in [0.25, 0.3) is 0 Å². The predicted molar refractivity (Wildman–Crippen MR) is 115 cm³/mol. The van der Waals surface area contributed by atoms with Gasteiger partial charge in [-0.1, -0.05) is 18.7 Å². The summed E-state index contributed by atoms with van der Waals surface area (Å²) in [5.41, 5.74) is 3.72. The molecule has 0 aliphatic rings. The second-order valence-electron chi connectivity index (χ2n) is 5.74. The number of aryl methyl sites for hydroxylation is 1. The fourth-order valence-corrected chi connectivity index (χ4v) is 2.38. The van der Waals surface area contributed by atoms with Crippen LogP contribution in [0.5, 0.6) is 0 Å². The Balaban J connectivity index is 2.32. The van der Waals surface area contributed by atoms with E-state index < -0.39 is 0 Å². The molecule has 7 heteroatoms. The third kappa shape index (κ3) is 6.45. The smallest absolute Gasteiger partial charge is 0.124 e. The van der Waals surface area contributed by atoms with Crippen molar-refractivity contribution < 1.29 is 0 Å². The molecule has 2 heterocycles. The van der Waals surface area contributed by atoms with Crippen LogP contribution < -0.4 is 5.32 Å². The molecule has 140 valence electrons. The molecule has 6 nitrogen and oxygen atoms in total.